The van der Waals surface area contributed by atoms with Gasteiger partial charge in [0, 0.05) is 23.5 Å². The van der Waals surface area contributed by atoms with E-state index in [1.807, 2.05) is 34.6 Å². The maximum absolute atomic E-state index is 13.4. The van der Waals surface area contributed by atoms with Crippen molar-refractivity contribution in [2.75, 3.05) is 5.73 Å². The van der Waals surface area contributed by atoms with Gasteiger partial charge in [0.05, 0.1) is 18.8 Å². The molecule has 0 fully saturated rings. The molecule has 1 aliphatic rings. The van der Waals surface area contributed by atoms with Crippen molar-refractivity contribution in [1.82, 2.24) is 0 Å². The Labute approximate surface area is 202 Å². The standard InChI is InChI=1S/C11H12FNO.C10H14FNO.HNO2.Na/c1-7(2)14-11-4-9-6-13-5-8(9)3-10(11)12;1-6(2)13-10-4-7(3)9(12)5-8(10)11;2-1-3;/h3-4,6-7H,5H2,1-2H3;4-6H,12H2,1-3H3;(H,2,3);/q;;;+1/p-1. The minimum atomic E-state index is -0.406. The van der Waals surface area contributed by atoms with E-state index in [1.54, 1.807) is 18.3 Å². The van der Waals surface area contributed by atoms with Gasteiger partial charge in [-0.25, -0.2) is 8.78 Å². The van der Waals surface area contributed by atoms with Gasteiger partial charge >= 0.3 is 29.6 Å². The molecule has 3 rings (SSSR count). The van der Waals surface area contributed by atoms with Crippen molar-refractivity contribution in [2.45, 2.75) is 53.4 Å². The van der Waals surface area contributed by atoms with Crippen LogP contribution in [-0.2, 0) is 6.54 Å². The zero-order chi connectivity index (χ0) is 22.8. The van der Waals surface area contributed by atoms with Gasteiger partial charge in [-0.05, 0) is 63.9 Å². The second-order valence-corrected chi connectivity index (χ2v) is 7.00. The Kier molecular flexibility index (Phi) is 12.9. The number of anilines is 1. The molecule has 31 heavy (non-hydrogen) atoms. The second kappa shape index (κ2) is 14.0. The van der Waals surface area contributed by atoms with E-state index in [2.05, 4.69) is 4.99 Å². The summed E-state index contributed by atoms with van der Waals surface area (Å²) >= 11 is 0. The Morgan fingerprint density at radius 3 is 2.03 bits per heavy atom. The summed E-state index contributed by atoms with van der Waals surface area (Å²) < 4.78 is 37.2. The molecule has 0 aliphatic carbocycles. The molecular formula is C21H26F2N3NaO4. The molecule has 0 bridgehead atoms. The van der Waals surface area contributed by atoms with E-state index in [-0.39, 0.29) is 53.3 Å². The third-order valence-corrected chi connectivity index (χ3v) is 3.73. The molecule has 1 aliphatic heterocycles. The van der Waals surface area contributed by atoms with E-state index in [0.717, 1.165) is 22.0 Å². The molecule has 2 aromatic carbocycles. The van der Waals surface area contributed by atoms with E-state index >= 15 is 0 Å². The maximum atomic E-state index is 13.4. The van der Waals surface area contributed by atoms with Crippen molar-refractivity contribution < 1.29 is 47.8 Å². The minimum absolute atomic E-state index is 0. The SMILES string of the molecule is CC(C)Oc1cc2c(cc1F)CN=C2.Cc1cc(OC(C)C)c(F)cc1N.O=N[O-].[Na+]. The number of aryl methyl sites for hydroxylation is 1. The number of nitrogens with two attached hydrogens (primary N) is 1. The van der Waals surface area contributed by atoms with Gasteiger partial charge in [-0.2, -0.15) is 0 Å². The van der Waals surface area contributed by atoms with Gasteiger partial charge in [-0.3, -0.25) is 4.99 Å². The average molecular weight is 445 g/mol. The quantitative estimate of drug-likeness (QED) is 0.336. The van der Waals surface area contributed by atoms with Crippen molar-refractivity contribution in [1.29, 1.82) is 0 Å². The van der Waals surface area contributed by atoms with Crippen LogP contribution in [0.15, 0.2) is 34.6 Å². The topological polar surface area (TPSA) is 109 Å². The molecule has 1 heterocycles. The molecule has 164 valence electrons. The molecule has 0 saturated carbocycles. The molecule has 7 nitrogen and oxygen atoms in total. The van der Waals surface area contributed by atoms with Gasteiger partial charge in [-0.15, -0.1) is 5.34 Å². The molecule has 0 unspecified atom stereocenters. The molecule has 0 aromatic heterocycles. The van der Waals surface area contributed by atoms with Crippen molar-refractivity contribution in [2.24, 2.45) is 10.3 Å². The van der Waals surface area contributed by atoms with Crippen LogP contribution in [0.3, 0.4) is 0 Å². The molecule has 0 saturated heterocycles. The number of hydrogen-bond acceptors (Lipinski definition) is 7. The Bertz CT molecular complexity index is 893. The summed E-state index contributed by atoms with van der Waals surface area (Å²) in [6.45, 7) is 9.86. The summed E-state index contributed by atoms with van der Waals surface area (Å²) in [6.07, 6.45) is 1.71. The van der Waals surface area contributed by atoms with E-state index in [1.165, 1.54) is 12.1 Å². The number of hydrogen-bond donors (Lipinski definition) is 1. The fraction of sp³-hybridized carbons (Fsp3) is 0.381. The first-order valence-corrected chi connectivity index (χ1v) is 9.25. The third kappa shape index (κ3) is 9.63. The number of halogens is 2. The van der Waals surface area contributed by atoms with Crippen LogP contribution < -0.4 is 44.8 Å². The van der Waals surface area contributed by atoms with E-state index in [0.29, 0.717) is 18.0 Å². The van der Waals surface area contributed by atoms with Gasteiger partial charge in [0.15, 0.2) is 23.1 Å². The second-order valence-electron chi connectivity index (χ2n) is 7.00. The Hall–Kier alpha value is -2.23. The predicted molar refractivity (Wildman–Crippen MR) is 114 cm³/mol. The van der Waals surface area contributed by atoms with Crippen LogP contribution in [0.5, 0.6) is 11.5 Å². The summed E-state index contributed by atoms with van der Waals surface area (Å²) in [5, 5.41) is 9.00. The molecule has 0 spiro atoms. The first kappa shape index (κ1) is 28.8. The fourth-order valence-corrected chi connectivity index (χ4v) is 2.47. The summed E-state index contributed by atoms with van der Waals surface area (Å²) in [5.41, 5.74) is 8.70. The number of nitrogens with zero attached hydrogens (tertiary/aromatic N) is 2. The molecule has 2 aromatic rings. The summed E-state index contributed by atoms with van der Waals surface area (Å²) in [5.74, 6) is -0.131. The van der Waals surface area contributed by atoms with E-state index in [9.17, 15) is 8.78 Å². The van der Waals surface area contributed by atoms with Crippen LogP contribution >= 0.6 is 0 Å². The molecule has 0 radical (unpaired) electrons. The smallest absolute Gasteiger partial charge is 0.488 e. The molecule has 0 atom stereocenters. The summed E-state index contributed by atoms with van der Waals surface area (Å²) in [6, 6.07) is 6.11. The van der Waals surface area contributed by atoms with Crippen LogP contribution in [0.4, 0.5) is 14.5 Å². The average Bonchev–Trinajstić information content (AvgIpc) is 3.07. The fourth-order valence-electron chi connectivity index (χ4n) is 2.47. The van der Waals surface area contributed by atoms with Crippen molar-refractivity contribution in [3.8, 4) is 11.5 Å². The molecule has 10 heteroatoms. The van der Waals surface area contributed by atoms with Gasteiger partial charge < -0.3 is 25.3 Å². The van der Waals surface area contributed by atoms with Gasteiger partial charge in [0.2, 0.25) is 0 Å². The number of benzene rings is 2. The number of aliphatic imine (C=N–C) groups is 1. The van der Waals surface area contributed by atoms with Crippen LogP contribution in [0.2, 0.25) is 0 Å². The van der Waals surface area contributed by atoms with Crippen molar-refractivity contribution in [3.63, 3.8) is 0 Å². The van der Waals surface area contributed by atoms with Gasteiger partial charge in [0.1, 0.15) is 0 Å². The number of rotatable bonds is 4. The summed E-state index contributed by atoms with van der Waals surface area (Å²) in [7, 11) is 0. The van der Waals surface area contributed by atoms with Crippen LogP contribution in [0.25, 0.3) is 0 Å². The predicted octanol–water partition coefficient (Wildman–Crippen LogP) is 2.30. The summed E-state index contributed by atoms with van der Waals surface area (Å²) in [4.78, 5) is 12.1. The number of ether oxygens (including phenoxy) is 2. The first-order valence-electron chi connectivity index (χ1n) is 9.25. The monoisotopic (exact) mass is 445 g/mol. The molecular weight excluding hydrogens is 419 g/mol. The zero-order valence-corrected chi connectivity index (χ0v) is 20.6. The number of fused-ring (bicyclic) bond motifs is 1. The van der Waals surface area contributed by atoms with Crippen molar-refractivity contribution in [3.05, 3.63) is 62.7 Å². The van der Waals surface area contributed by atoms with Crippen LogP contribution in [0.1, 0.15) is 44.4 Å². The largest absolute Gasteiger partial charge is 1.00 e. The van der Waals surface area contributed by atoms with E-state index < -0.39 is 5.82 Å². The minimum Gasteiger partial charge on any atom is -0.488 e. The Morgan fingerprint density at radius 2 is 1.52 bits per heavy atom. The van der Waals surface area contributed by atoms with Crippen molar-refractivity contribution >= 4 is 11.9 Å². The molecule has 0 amide bonds. The third-order valence-electron chi connectivity index (χ3n) is 3.73. The van der Waals surface area contributed by atoms with Crippen LogP contribution in [-0.4, -0.2) is 18.4 Å². The van der Waals surface area contributed by atoms with Crippen LogP contribution in [0, 0.1) is 28.7 Å². The molecule has 2 N–H and O–H groups in total. The Balaban J connectivity index is 0.000000503. The zero-order valence-electron chi connectivity index (χ0n) is 18.6. The Morgan fingerprint density at radius 1 is 1.03 bits per heavy atom. The maximum Gasteiger partial charge on any atom is 1.00 e. The van der Waals surface area contributed by atoms with Gasteiger partial charge in [-0.1, -0.05) is 0 Å². The van der Waals surface area contributed by atoms with E-state index in [4.69, 9.17) is 25.3 Å². The van der Waals surface area contributed by atoms with Gasteiger partial charge in [0.25, 0.3) is 0 Å². The normalized spacial score (nSPS) is 10.9. The first-order chi connectivity index (χ1) is 14.1. The number of nitrogen functional groups attached to an aromatic ring is 1.